The summed E-state index contributed by atoms with van der Waals surface area (Å²) in [7, 11) is 0. The summed E-state index contributed by atoms with van der Waals surface area (Å²) in [5, 5.41) is 12.8. The Morgan fingerprint density at radius 2 is 2.32 bits per heavy atom. The van der Waals surface area contributed by atoms with E-state index in [9.17, 15) is 4.39 Å². The second-order valence-electron chi connectivity index (χ2n) is 4.63. The number of nitrogens with zero attached hydrogens (tertiary/aromatic N) is 1. The van der Waals surface area contributed by atoms with E-state index in [2.05, 4.69) is 28.2 Å². The van der Waals surface area contributed by atoms with E-state index in [0.29, 0.717) is 22.5 Å². The molecule has 1 fully saturated rings. The number of nitrogens with one attached hydrogen (secondary N) is 1. The molecule has 102 valence electrons. The molecule has 1 saturated carbocycles. The van der Waals surface area contributed by atoms with Gasteiger partial charge in [0.25, 0.3) is 0 Å². The van der Waals surface area contributed by atoms with E-state index in [0.717, 1.165) is 18.6 Å². The van der Waals surface area contributed by atoms with Gasteiger partial charge in [-0.25, -0.2) is 4.39 Å². The average Bonchev–Trinajstić information content (AvgIpc) is 2.83. The molecule has 1 N–H and O–H groups in total. The molecule has 1 aromatic rings. The van der Waals surface area contributed by atoms with Crippen molar-refractivity contribution in [2.75, 3.05) is 11.1 Å². The molecule has 2 rings (SSSR count). The summed E-state index contributed by atoms with van der Waals surface area (Å²) < 4.78 is 14.3. The van der Waals surface area contributed by atoms with Gasteiger partial charge >= 0.3 is 0 Å². The molecule has 0 aliphatic heterocycles. The zero-order valence-corrected chi connectivity index (χ0v) is 13.2. The van der Waals surface area contributed by atoms with Crippen LogP contribution in [0.5, 0.6) is 0 Å². The lowest BCUT2D eigenvalue weighted by Gasteiger charge is -2.16. The summed E-state index contributed by atoms with van der Waals surface area (Å²) in [6.07, 6.45) is 3.35. The van der Waals surface area contributed by atoms with E-state index >= 15 is 0 Å². The molecule has 0 amide bonds. The number of nitriles is 1. The minimum Gasteiger partial charge on any atom is -0.380 e. The van der Waals surface area contributed by atoms with Crippen LogP contribution >= 0.6 is 27.7 Å². The molecule has 2 nitrogen and oxygen atoms in total. The van der Waals surface area contributed by atoms with Crippen molar-refractivity contribution in [1.82, 2.24) is 0 Å². The summed E-state index contributed by atoms with van der Waals surface area (Å²) >= 11 is 5.12. The smallest absolute Gasteiger partial charge is 0.161 e. The highest BCUT2D eigenvalue weighted by Crippen LogP contribution is 2.33. The third-order valence-electron chi connectivity index (χ3n) is 3.35. The van der Waals surface area contributed by atoms with E-state index in [1.54, 1.807) is 12.1 Å². The first-order chi connectivity index (χ1) is 9.15. The van der Waals surface area contributed by atoms with Crippen LogP contribution in [0.1, 0.15) is 31.7 Å². The normalized spacial score (nSPS) is 22.2. The van der Waals surface area contributed by atoms with Crippen LogP contribution < -0.4 is 5.32 Å². The minimum atomic E-state index is -0.370. The van der Waals surface area contributed by atoms with Gasteiger partial charge in [-0.2, -0.15) is 17.0 Å². The number of thioether (sulfide) groups is 1. The van der Waals surface area contributed by atoms with E-state index in [1.807, 2.05) is 17.8 Å². The van der Waals surface area contributed by atoms with Crippen LogP contribution in [-0.2, 0) is 0 Å². The Kier molecular flexibility index (Phi) is 5.12. The maximum atomic E-state index is 14.1. The Morgan fingerprint density at radius 1 is 1.53 bits per heavy atom. The lowest BCUT2D eigenvalue weighted by molar-refractivity contribution is 0.617. The van der Waals surface area contributed by atoms with Crippen LogP contribution in [0.2, 0.25) is 0 Å². The molecule has 2 unspecified atom stereocenters. The molecule has 1 aliphatic carbocycles. The Morgan fingerprint density at radius 3 is 3.00 bits per heavy atom. The fraction of sp³-hybridized carbons (Fsp3) is 0.500. The van der Waals surface area contributed by atoms with Gasteiger partial charge in [0.15, 0.2) is 5.82 Å². The summed E-state index contributed by atoms with van der Waals surface area (Å²) in [6, 6.07) is 5.59. The highest BCUT2D eigenvalue weighted by molar-refractivity contribution is 9.10. The van der Waals surface area contributed by atoms with Gasteiger partial charge in [0.2, 0.25) is 0 Å². The largest absolute Gasteiger partial charge is 0.380 e. The third kappa shape index (κ3) is 3.43. The van der Waals surface area contributed by atoms with Gasteiger partial charge in [0.1, 0.15) is 6.07 Å². The van der Waals surface area contributed by atoms with Crippen molar-refractivity contribution in [2.45, 2.75) is 37.5 Å². The van der Waals surface area contributed by atoms with Crippen LogP contribution in [0.25, 0.3) is 0 Å². The number of hydrogen-bond acceptors (Lipinski definition) is 3. The second-order valence-corrected chi connectivity index (χ2v) is 7.00. The van der Waals surface area contributed by atoms with Gasteiger partial charge in [0.05, 0.1) is 15.7 Å². The number of hydrogen-bond donors (Lipinski definition) is 1. The Hall–Kier alpha value is -0.730. The molecule has 0 aromatic heterocycles. The predicted molar refractivity (Wildman–Crippen MR) is 82.0 cm³/mol. The van der Waals surface area contributed by atoms with Crippen LogP contribution in [0.15, 0.2) is 16.6 Å². The van der Waals surface area contributed by atoms with Gasteiger partial charge < -0.3 is 5.32 Å². The van der Waals surface area contributed by atoms with E-state index in [-0.39, 0.29) is 10.3 Å². The Balaban J connectivity index is 2.05. The first-order valence-electron chi connectivity index (χ1n) is 6.42. The van der Waals surface area contributed by atoms with Gasteiger partial charge in [-0.1, -0.05) is 6.92 Å². The summed E-state index contributed by atoms with van der Waals surface area (Å²) in [5.74, 6) is 0.763. The topological polar surface area (TPSA) is 35.8 Å². The van der Waals surface area contributed by atoms with Crippen LogP contribution in [-0.4, -0.2) is 17.0 Å². The highest BCUT2D eigenvalue weighted by atomic mass is 79.9. The molecule has 0 radical (unpaired) electrons. The van der Waals surface area contributed by atoms with Crippen LogP contribution in [0.3, 0.4) is 0 Å². The maximum absolute atomic E-state index is 14.1. The van der Waals surface area contributed by atoms with Crippen molar-refractivity contribution in [2.24, 2.45) is 0 Å². The summed E-state index contributed by atoms with van der Waals surface area (Å²) in [4.78, 5) is 0. The van der Waals surface area contributed by atoms with Crippen molar-refractivity contribution in [3.63, 3.8) is 0 Å². The lowest BCUT2D eigenvalue weighted by Crippen LogP contribution is -2.17. The third-order valence-corrected chi connectivity index (χ3v) is 5.36. The van der Waals surface area contributed by atoms with Crippen LogP contribution in [0, 0.1) is 17.1 Å². The monoisotopic (exact) mass is 342 g/mol. The molecular weight excluding hydrogens is 327 g/mol. The fourth-order valence-electron chi connectivity index (χ4n) is 2.43. The molecule has 1 aromatic carbocycles. The second kappa shape index (κ2) is 6.62. The van der Waals surface area contributed by atoms with E-state index < -0.39 is 0 Å². The van der Waals surface area contributed by atoms with Crippen molar-refractivity contribution in [3.8, 4) is 6.07 Å². The molecule has 19 heavy (non-hydrogen) atoms. The van der Waals surface area contributed by atoms with Crippen molar-refractivity contribution >= 4 is 33.4 Å². The highest BCUT2D eigenvalue weighted by Gasteiger charge is 2.25. The van der Waals surface area contributed by atoms with Gasteiger partial charge in [0, 0.05) is 11.3 Å². The van der Waals surface area contributed by atoms with E-state index in [1.165, 1.54) is 6.42 Å². The average molecular weight is 343 g/mol. The van der Waals surface area contributed by atoms with Crippen molar-refractivity contribution in [3.05, 3.63) is 28.0 Å². The number of rotatable bonds is 4. The molecule has 1 aliphatic rings. The van der Waals surface area contributed by atoms with Gasteiger partial charge in [-0.05, 0) is 53.1 Å². The van der Waals surface area contributed by atoms with Crippen LogP contribution in [0.4, 0.5) is 10.1 Å². The predicted octanol–water partition coefficient (Wildman–Crippen LogP) is 4.55. The molecule has 0 heterocycles. The first-order valence-corrected chi connectivity index (χ1v) is 8.26. The Labute approximate surface area is 125 Å². The minimum absolute atomic E-state index is 0.248. The maximum Gasteiger partial charge on any atom is 0.161 e. The molecule has 0 spiro atoms. The van der Waals surface area contributed by atoms with Crippen molar-refractivity contribution in [1.29, 1.82) is 5.26 Å². The quantitative estimate of drug-likeness (QED) is 0.871. The van der Waals surface area contributed by atoms with Gasteiger partial charge in [-0.15, -0.1) is 0 Å². The molecule has 0 bridgehead atoms. The Bertz CT molecular complexity index is 501. The zero-order valence-electron chi connectivity index (χ0n) is 10.7. The fourth-order valence-corrected chi connectivity index (χ4v) is 4.00. The standard InChI is InChI=1S/C14H16BrFN2S/c1-2-19-11-5-4-10(7-11)18-12-6-3-9(8-17)13(15)14(12)16/h3,6,10-11,18H,2,4-5,7H2,1H3. The zero-order chi connectivity index (χ0) is 13.8. The first kappa shape index (κ1) is 14.7. The summed E-state index contributed by atoms with van der Waals surface area (Å²) in [5.41, 5.74) is 0.812. The lowest BCUT2D eigenvalue weighted by atomic mass is 10.2. The van der Waals surface area contributed by atoms with E-state index in [4.69, 9.17) is 5.26 Å². The molecular formula is C14H16BrFN2S. The number of anilines is 1. The summed E-state index contributed by atoms with van der Waals surface area (Å²) in [6.45, 7) is 2.17. The SMILES string of the molecule is CCSC1CCC(Nc2ccc(C#N)c(Br)c2F)C1. The molecule has 2 atom stereocenters. The molecule has 0 saturated heterocycles. The number of halogens is 2. The number of benzene rings is 1. The van der Waals surface area contributed by atoms with Gasteiger partial charge in [-0.3, -0.25) is 0 Å². The molecule has 5 heteroatoms. The van der Waals surface area contributed by atoms with Crippen molar-refractivity contribution < 1.29 is 4.39 Å².